The highest BCUT2D eigenvalue weighted by molar-refractivity contribution is 6.17. The number of hydrogen-bond donors (Lipinski definition) is 1. The Balaban J connectivity index is 0. The van der Waals surface area contributed by atoms with Crippen LogP contribution in [0.1, 0.15) is 90.4 Å². The first-order chi connectivity index (χ1) is 7.91. The van der Waals surface area contributed by atoms with Crippen LogP contribution in [0.4, 0.5) is 0 Å². The molecule has 17 heavy (non-hydrogen) atoms. The first-order valence-electron chi connectivity index (χ1n) is 7.47. The second-order valence-corrected chi connectivity index (χ2v) is 5.31. The zero-order chi connectivity index (χ0) is 11.9. The molecule has 0 amide bonds. The lowest BCUT2D eigenvalue weighted by molar-refractivity contribution is 0.563. The molecule has 0 atom stereocenters. The van der Waals surface area contributed by atoms with E-state index in [2.05, 4.69) is 6.92 Å². The zero-order valence-corrected chi connectivity index (χ0v) is 12.7. The van der Waals surface area contributed by atoms with Gasteiger partial charge in [-0.2, -0.15) is 0 Å². The van der Waals surface area contributed by atoms with E-state index in [-0.39, 0.29) is 6.15 Å². The minimum absolute atomic E-state index is 0. The molecule has 1 aliphatic carbocycles. The van der Waals surface area contributed by atoms with Gasteiger partial charge in [-0.1, -0.05) is 84.0 Å². The van der Waals surface area contributed by atoms with Crippen molar-refractivity contribution < 1.29 is 0 Å². The minimum atomic E-state index is 0. The van der Waals surface area contributed by atoms with Crippen LogP contribution in [-0.4, -0.2) is 5.88 Å². The van der Waals surface area contributed by atoms with Crippen LogP contribution in [0.15, 0.2) is 0 Å². The predicted molar refractivity (Wildman–Crippen MR) is 81.4 cm³/mol. The smallest absolute Gasteiger partial charge is 0.0223 e. The van der Waals surface area contributed by atoms with Crippen molar-refractivity contribution in [1.29, 1.82) is 0 Å². The SMILES string of the molecule is C1CC1.CCCCCCCCCCCCCl.N. The maximum atomic E-state index is 5.60. The molecular formula is C15H34ClN. The molecular weight excluding hydrogens is 230 g/mol. The fourth-order valence-corrected chi connectivity index (χ4v) is 1.77. The van der Waals surface area contributed by atoms with Gasteiger partial charge in [0.05, 0.1) is 0 Å². The Morgan fingerprint density at radius 2 is 1.00 bits per heavy atom. The third-order valence-electron chi connectivity index (χ3n) is 2.84. The quantitative estimate of drug-likeness (QED) is 0.355. The number of alkyl halides is 1. The van der Waals surface area contributed by atoms with Gasteiger partial charge in [0, 0.05) is 5.88 Å². The topological polar surface area (TPSA) is 35.0 Å². The maximum absolute atomic E-state index is 5.60. The monoisotopic (exact) mass is 263 g/mol. The normalized spacial score (nSPS) is 12.4. The fourth-order valence-electron chi connectivity index (χ4n) is 1.58. The number of rotatable bonds is 10. The molecule has 1 rings (SSSR count). The molecule has 1 fully saturated rings. The molecule has 0 aromatic rings. The van der Waals surface area contributed by atoms with E-state index >= 15 is 0 Å². The third kappa shape index (κ3) is 26.1. The average Bonchev–Trinajstić information content (AvgIpc) is 3.14. The van der Waals surface area contributed by atoms with Crippen LogP contribution >= 0.6 is 11.6 Å². The Hall–Kier alpha value is 0.250. The molecule has 0 bridgehead atoms. The molecule has 0 saturated heterocycles. The zero-order valence-electron chi connectivity index (χ0n) is 12.0. The lowest BCUT2D eigenvalue weighted by Gasteiger charge is -2.00. The molecule has 2 heteroatoms. The Morgan fingerprint density at radius 1 is 0.647 bits per heavy atom. The maximum Gasteiger partial charge on any atom is 0.0223 e. The van der Waals surface area contributed by atoms with E-state index in [0.29, 0.717) is 0 Å². The summed E-state index contributed by atoms with van der Waals surface area (Å²) in [6, 6.07) is 0. The van der Waals surface area contributed by atoms with Gasteiger partial charge in [0.15, 0.2) is 0 Å². The number of hydrogen-bond acceptors (Lipinski definition) is 1. The second kappa shape index (κ2) is 18.6. The van der Waals surface area contributed by atoms with Gasteiger partial charge in [-0.15, -0.1) is 11.6 Å². The molecule has 1 saturated carbocycles. The van der Waals surface area contributed by atoms with Gasteiger partial charge in [-0.25, -0.2) is 0 Å². The third-order valence-corrected chi connectivity index (χ3v) is 3.11. The van der Waals surface area contributed by atoms with Gasteiger partial charge in [0.2, 0.25) is 0 Å². The summed E-state index contributed by atoms with van der Waals surface area (Å²) in [5.41, 5.74) is 0. The van der Waals surface area contributed by atoms with Crippen LogP contribution in [0.3, 0.4) is 0 Å². The molecule has 0 radical (unpaired) electrons. The van der Waals surface area contributed by atoms with E-state index < -0.39 is 0 Å². The van der Waals surface area contributed by atoms with Crippen LogP contribution in [0, 0.1) is 0 Å². The van der Waals surface area contributed by atoms with Crippen LogP contribution < -0.4 is 6.15 Å². The molecule has 0 spiro atoms. The molecule has 0 aromatic heterocycles. The Kier molecular flexibility index (Phi) is 21.4. The van der Waals surface area contributed by atoms with Crippen molar-refractivity contribution in [1.82, 2.24) is 6.15 Å². The first kappa shape index (κ1) is 19.6. The Bertz CT molecular complexity index is 103. The molecule has 0 heterocycles. The molecule has 106 valence electrons. The molecule has 0 aromatic carbocycles. The van der Waals surface area contributed by atoms with Crippen LogP contribution in [0.2, 0.25) is 0 Å². The van der Waals surface area contributed by atoms with E-state index in [1.807, 2.05) is 0 Å². The van der Waals surface area contributed by atoms with Crippen molar-refractivity contribution in [2.24, 2.45) is 0 Å². The summed E-state index contributed by atoms with van der Waals surface area (Å²) in [6.45, 7) is 2.27. The molecule has 0 unspecified atom stereocenters. The van der Waals surface area contributed by atoms with E-state index in [9.17, 15) is 0 Å². The van der Waals surface area contributed by atoms with Crippen LogP contribution in [-0.2, 0) is 0 Å². The van der Waals surface area contributed by atoms with E-state index in [1.165, 1.54) is 83.5 Å². The number of halogens is 1. The van der Waals surface area contributed by atoms with Gasteiger partial charge < -0.3 is 6.15 Å². The largest absolute Gasteiger partial charge is 0.344 e. The Morgan fingerprint density at radius 3 is 1.29 bits per heavy atom. The standard InChI is InChI=1S/C12H25Cl.C3H6.H3N/c1-2-3-4-5-6-7-8-9-10-11-12-13;1-2-3-1;/h2-12H2,1H3;1-3H2;1H3. The van der Waals surface area contributed by atoms with Crippen molar-refractivity contribution >= 4 is 11.6 Å². The fraction of sp³-hybridized carbons (Fsp3) is 1.00. The number of unbranched alkanes of at least 4 members (excludes halogenated alkanes) is 9. The van der Waals surface area contributed by atoms with Gasteiger partial charge in [-0.3, -0.25) is 0 Å². The van der Waals surface area contributed by atoms with Crippen molar-refractivity contribution in [2.75, 3.05) is 5.88 Å². The highest BCUT2D eigenvalue weighted by Crippen LogP contribution is 2.14. The van der Waals surface area contributed by atoms with Crippen molar-refractivity contribution in [3.8, 4) is 0 Å². The van der Waals surface area contributed by atoms with Crippen LogP contribution in [0.5, 0.6) is 0 Å². The highest BCUT2D eigenvalue weighted by Gasteiger charge is 1.95. The van der Waals surface area contributed by atoms with Crippen molar-refractivity contribution in [3.63, 3.8) is 0 Å². The summed E-state index contributed by atoms with van der Waals surface area (Å²) in [7, 11) is 0. The van der Waals surface area contributed by atoms with E-state index in [1.54, 1.807) is 0 Å². The van der Waals surface area contributed by atoms with Crippen molar-refractivity contribution in [2.45, 2.75) is 90.4 Å². The van der Waals surface area contributed by atoms with E-state index in [4.69, 9.17) is 11.6 Å². The lowest BCUT2D eigenvalue weighted by Crippen LogP contribution is -1.81. The lowest BCUT2D eigenvalue weighted by atomic mass is 10.1. The Labute approximate surface area is 114 Å². The summed E-state index contributed by atoms with van der Waals surface area (Å²) in [5.74, 6) is 0.844. The van der Waals surface area contributed by atoms with Gasteiger partial charge >= 0.3 is 0 Å². The summed E-state index contributed by atoms with van der Waals surface area (Å²) < 4.78 is 0. The van der Waals surface area contributed by atoms with Gasteiger partial charge in [0.25, 0.3) is 0 Å². The summed E-state index contributed by atoms with van der Waals surface area (Å²) in [6.07, 6.45) is 18.4. The van der Waals surface area contributed by atoms with Gasteiger partial charge in [0.1, 0.15) is 0 Å². The first-order valence-corrected chi connectivity index (χ1v) is 8.01. The summed E-state index contributed by atoms with van der Waals surface area (Å²) >= 11 is 5.60. The molecule has 3 N–H and O–H groups in total. The summed E-state index contributed by atoms with van der Waals surface area (Å²) in [5, 5.41) is 0. The van der Waals surface area contributed by atoms with Crippen molar-refractivity contribution in [3.05, 3.63) is 0 Å². The average molecular weight is 264 g/mol. The molecule has 1 nitrogen and oxygen atoms in total. The molecule has 1 aliphatic rings. The predicted octanol–water partition coefficient (Wildman–Crippen LogP) is 6.48. The summed E-state index contributed by atoms with van der Waals surface area (Å²) in [4.78, 5) is 0. The minimum Gasteiger partial charge on any atom is -0.344 e. The molecule has 0 aliphatic heterocycles. The van der Waals surface area contributed by atoms with Gasteiger partial charge in [-0.05, 0) is 6.42 Å². The van der Waals surface area contributed by atoms with E-state index in [0.717, 1.165) is 5.88 Å². The second-order valence-electron chi connectivity index (χ2n) is 4.93. The van der Waals surface area contributed by atoms with Crippen LogP contribution in [0.25, 0.3) is 0 Å². The highest BCUT2D eigenvalue weighted by atomic mass is 35.5.